The lowest BCUT2D eigenvalue weighted by molar-refractivity contribution is 0.0526. The first kappa shape index (κ1) is 12.6. The van der Waals surface area contributed by atoms with Gasteiger partial charge < -0.3 is 10.5 Å². The second kappa shape index (κ2) is 5.23. The van der Waals surface area contributed by atoms with Gasteiger partial charge in [-0.05, 0) is 25.1 Å². The van der Waals surface area contributed by atoms with Crippen molar-refractivity contribution >= 4 is 11.7 Å². The summed E-state index contributed by atoms with van der Waals surface area (Å²) in [5.74, 6) is -0.442. The number of hydrogen-bond acceptors (Lipinski definition) is 5. The van der Waals surface area contributed by atoms with Gasteiger partial charge in [-0.25, -0.2) is 9.48 Å². The molecule has 6 nitrogen and oxygen atoms in total. The highest BCUT2D eigenvalue weighted by Crippen LogP contribution is 2.17. The van der Waals surface area contributed by atoms with E-state index in [1.165, 1.54) is 17.1 Å². The number of aromatic nitrogens is 2. The largest absolute Gasteiger partial charge is 0.462 e. The number of ether oxygens (including phenoxy) is 1. The highest BCUT2D eigenvalue weighted by molar-refractivity contribution is 5.88. The summed E-state index contributed by atoms with van der Waals surface area (Å²) in [6, 6.07) is 6.94. The summed E-state index contributed by atoms with van der Waals surface area (Å²) in [6.45, 7) is 2.03. The van der Waals surface area contributed by atoms with E-state index < -0.39 is 5.97 Å². The average molecular weight is 256 g/mol. The van der Waals surface area contributed by atoms with Crippen LogP contribution in [0.3, 0.4) is 0 Å². The zero-order valence-corrected chi connectivity index (χ0v) is 10.3. The van der Waals surface area contributed by atoms with E-state index in [0.717, 1.165) is 0 Å². The fraction of sp³-hybridized carbons (Fsp3) is 0.154. The summed E-state index contributed by atoms with van der Waals surface area (Å²) in [7, 11) is 0. The molecule has 2 rings (SSSR count). The maximum atomic E-state index is 11.5. The van der Waals surface area contributed by atoms with Crippen LogP contribution >= 0.6 is 0 Å². The topological polar surface area (TPSA) is 93.9 Å². The highest BCUT2D eigenvalue weighted by Gasteiger charge is 2.12. The van der Waals surface area contributed by atoms with Crippen LogP contribution in [0.1, 0.15) is 22.8 Å². The Hall–Kier alpha value is -2.81. The molecule has 6 heteroatoms. The molecule has 0 aliphatic heterocycles. The number of nitrogens with two attached hydrogens (primary N) is 1. The van der Waals surface area contributed by atoms with Crippen molar-refractivity contribution in [3.8, 4) is 11.8 Å². The first-order valence-corrected chi connectivity index (χ1v) is 5.67. The molecule has 96 valence electrons. The number of hydrogen-bond donors (Lipinski definition) is 1. The van der Waals surface area contributed by atoms with E-state index in [1.807, 2.05) is 6.07 Å². The van der Waals surface area contributed by atoms with Gasteiger partial charge in [-0.3, -0.25) is 0 Å². The van der Waals surface area contributed by atoms with Gasteiger partial charge in [0.25, 0.3) is 0 Å². The van der Waals surface area contributed by atoms with E-state index in [9.17, 15) is 4.79 Å². The van der Waals surface area contributed by atoms with Crippen molar-refractivity contribution in [1.82, 2.24) is 9.78 Å². The fourth-order valence-corrected chi connectivity index (χ4v) is 1.62. The Labute approximate surface area is 110 Å². The fourth-order valence-electron chi connectivity index (χ4n) is 1.62. The Morgan fingerprint density at radius 3 is 3.05 bits per heavy atom. The van der Waals surface area contributed by atoms with Gasteiger partial charge in [0.15, 0.2) is 0 Å². The van der Waals surface area contributed by atoms with Gasteiger partial charge in [0.1, 0.15) is 6.07 Å². The number of carbonyl (C=O) groups is 1. The number of nitrogens with zero attached hydrogens (tertiary/aromatic N) is 3. The molecule has 0 bridgehead atoms. The summed E-state index contributed by atoms with van der Waals surface area (Å²) in [5, 5.41) is 13.1. The van der Waals surface area contributed by atoms with Gasteiger partial charge >= 0.3 is 5.97 Å². The maximum Gasteiger partial charge on any atom is 0.341 e. The molecule has 0 saturated heterocycles. The number of nitrogen functional groups attached to an aromatic ring is 1. The number of benzene rings is 1. The second-order valence-electron chi connectivity index (χ2n) is 3.78. The molecule has 1 heterocycles. The van der Waals surface area contributed by atoms with E-state index in [2.05, 4.69) is 5.10 Å². The Morgan fingerprint density at radius 2 is 2.37 bits per heavy atom. The number of rotatable bonds is 3. The lowest BCUT2D eigenvalue weighted by atomic mass is 10.2. The van der Waals surface area contributed by atoms with E-state index in [0.29, 0.717) is 29.1 Å². The molecular formula is C13H12N4O2. The first-order valence-electron chi connectivity index (χ1n) is 5.67. The lowest BCUT2D eigenvalue weighted by Crippen LogP contribution is -2.03. The second-order valence-corrected chi connectivity index (χ2v) is 3.78. The minimum Gasteiger partial charge on any atom is -0.462 e. The first-order chi connectivity index (χ1) is 9.15. The summed E-state index contributed by atoms with van der Waals surface area (Å²) in [4.78, 5) is 11.5. The van der Waals surface area contributed by atoms with Crippen molar-refractivity contribution in [3.05, 3.63) is 41.7 Å². The molecule has 0 aliphatic carbocycles. The van der Waals surface area contributed by atoms with Gasteiger partial charge in [-0.2, -0.15) is 10.4 Å². The minimum absolute atomic E-state index is 0.301. The molecule has 0 aliphatic rings. The van der Waals surface area contributed by atoms with Crippen LogP contribution in [0, 0.1) is 11.3 Å². The molecule has 0 atom stereocenters. The molecule has 0 spiro atoms. The number of esters is 1. The van der Waals surface area contributed by atoms with Crippen LogP contribution in [0.4, 0.5) is 5.69 Å². The van der Waals surface area contributed by atoms with Crippen LogP contribution in [0.5, 0.6) is 0 Å². The summed E-state index contributed by atoms with van der Waals surface area (Å²) >= 11 is 0. The number of anilines is 1. The van der Waals surface area contributed by atoms with E-state index in [-0.39, 0.29) is 0 Å². The Balaban J connectivity index is 2.39. The SMILES string of the molecule is CCOC(=O)c1cnn(-c2ccc(N)cc2C#N)c1. The Bertz CT molecular complexity index is 655. The normalized spacial score (nSPS) is 9.89. The van der Waals surface area contributed by atoms with Gasteiger partial charge in [-0.1, -0.05) is 0 Å². The molecular weight excluding hydrogens is 244 g/mol. The number of carbonyl (C=O) groups excluding carboxylic acids is 1. The summed E-state index contributed by atoms with van der Waals surface area (Å²) < 4.78 is 6.32. The standard InChI is InChI=1S/C13H12N4O2/c1-2-19-13(18)10-7-16-17(8-10)12-4-3-11(15)5-9(12)6-14/h3-5,7-8H,2,15H2,1H3. The predicted octanol–water partition coefficient (Wildman–Crippen LogP) is 1.50. The van der Waals surface area contributed by atoms with Crippen LogP contribution in [-0.4, -0.2) is 22.4 Å². The molecule has 0 amide bonds. The zero-order valence-electron chi connectivity index (χ0n) is 10.3. The molecule has 19 heavy (non-hydrogen) atoms. The Kier molecular flexibility index (Phi) is 3.48. The van der Waals surface area contributed by atoms with E-state index >= 15 is 0 Å². The molecule has 1 aromatic carbocycles. The van der Waals surface area contributed by atoms with Crippen molar-refractivity contribution in [2.45, 2.75) is 6.92 Å². The predicted molar refractivity (Wildman–Crippen MR) is 68.6 cm³/mol. The van der Waals surface area contributed by atoms with Gasteiger partial charge in [0, 0.05) is 11.9 Å². The molecule has 0 saturated carbocycles. The van der Waals surface area contributed by atoms with Crippen molar-refractivity contribution in [3.63, 3.8) is 0 Å². The summed E-state index contributed by atoms with van der Waals surface area (Å²) in [5.41, 5.74) is 7.40. The minimum atomic E-state index is -0.442. The van der Waals surface area contributed by atoms with Gasteiger partial charge in [0.2, 0.25) is 0 Å². The monoisotopic (exact) mass is 256 g/mol. The van der Waals surface area contributed by atoms with Gasteiger partial charge in [-0.15, -0.1) is 0 Å². The smallest absolute Gasteiger partial charge is 0.341 e. The lowest BCUT2D eigenvalue weighted by Gasteiger charge is -2.04. The van der Waals surface area contributed by atoms with E-state index in [1.54, 1.807) is 25.1 Å². The van der Waals surface area contributed by atoms with Gasteiger partial charge in [0.05, 0.1) is 29.6 Å². The average Bonchev–Trinajstić information content (AvgIpc) is 2.88. The molecule has 0 radical (unpaired) electrons. The van der Waals surface area contributed by atoms with Crippen LogP contribution in [-0.2, 0) is 4.74 Å². The quantitative estimate of drug-likeness (QED) is 0.663. The van der Waals surface area contributed by atoms with Crippen molar-refractivity contribution in [2.24, 2.45) is 0 Å². The third kappa shape index (κ3) is 2.55. The molecule has 1 aromatic heterocycles. The van der Waals surface area contributed by atoms with Crippen molar-refractivity contribution < 1.29 is 9.53 Å². The van der Waals surface area contributed by atoms with E-state index in [4.69, 9.17) is 15.7 Å². The molecule has 0 unspecified atom stereocenters. The summed E-state index contributed by atoms with van der Waals surface area (Å²) in [6.07, 6.45) is 2.92. The van der Waals surface area contributed by atoms with Crippen molar-refractivity contribution in [2.75, 3.05) is 12.3 Å². The Morgan fingerprint density at radius 1 is 1.58 bits per heavy atom. The molecule has 2 N–H and O–H groups in total. The van der Waals surface area contributed by atoms with Crippen LogP contribution in [0.25, 0.3) is 5.69 Å². The third-order valence-corrected chi connectivity index (χ3v) is 2.48. The molecule has 0 fully saturated rings. The van der Waals surface area contributed by atoms with Crippen LogP contribution in [0.2, 0.25) is 0 Å². The van der Waals surface area contributed by atoms with Crippen LogP contribution < -0.4 is 5.73 Å². The number of nitriles is 1. The maximum absolute atomic E-state index is 11.5. The zero-order chi connectivity index (χ0) is 13.8. The highest BCUT2D eigenvalue weighted by atomic mass is 16.5. The van der Waals surface area contributed by atoms with Crippen LogP contribution in [0.15, 0.2) is 30.6 Å². The van der Waals surface area contributed by atoms with Crippen molar-refractivity contribution in [1.29, 1.82) is 5.26 Å². The molecule has 2 aromatic rings. The third-order valence-electron chi connectivity index (χ3n) is 2.48.